The van der Waals surface area contributed by atoms with E-state index >= 15 is 0 Å². The third-order valence-corrected chi connectivity index (χ3v) is 3.62. The molecule has 0 unspecified atom stereocenters. The molecule has 0 saturated heterocycles. The number of aryl methyl sites for hydroxylation is 1. The molecule has 1 aliphatic carbocycles. The summed E-state index contributed by atoms with van der Waals surface area (Å²) in [6, 6.07) is 7.99. The molecule has 0 spiro atoms. The highest BCUT2D eigenvalue weighted by Gasteiger charge is 2.55. The summed E-state index contributed by atoms with van der Waals surface area (Å²) in [6.07, 6.45) is 0.736. The van der Waals surface area contributed by atoms with Crippen molar-refractivity contribution in [3.05, 3.63) is 34.3 Å². The van der Waals surface area contributed by atoms with Crippen LogP contribution in [0.4, 0.5) is 0 Å². The maximum absolute atomic E-state index is 9.17. The number of aliphatic hydroxyl groups excluding tert-OH is 1. The van der Waals surface area contributed by atoms with E-state index in [1.54, 1.807) is 0 Å². The molecule has 2 rings (SSSR count). The number of aliphatic hydroxyl groups is 1. The number of nitrogens with zero attached hydrogens (tertiary/aromatic N) is 1. The van der Waals surface area contributed by atoms with E-state index in [4.69, 9.17) is 22.0 Å². The molecule has 2 nitrogen and oxygen atoms in total. The molecule has 3 heteroatoms. The molecule has 1 saturated carbocycles. The van der Waals surface area contributed by atoms with E-state index in [1.165, 1.54) is 0 Å². The molecule has 0 amide bonds. The fourth-order valence-electron chi connectivity index (χ4n) is 1.98. The van der Waals surface area contributed by atoms with Crippen molar-refractivity contribution in [2.24, 2.45) is 5.92 Å². The van der Waals surface area contributed by atoms with Crippen LogP contribution >= 0.6 is 11.6 Å². The van der Waals surface area contributed by atoms with Crippen LogP contribution in [0.15, 0.2) is 18.2 Å². The van der Waals surface area contributed by atoms with Crippen molar-refractivity contribution in [3.63, 3.8) is 0 Å². The Balaban J connectivity index is 2.39. The maximum Gasteiger partial charge on any atom is 0.0877 e. The fraction of sp³-hybridized carbons (Fsp3) is 0.417. The van der Waals surface area contributed by atoms with Crippen LogP contribution in [0.5, 0.6) is 0 Å². The Hall–Kier alpha value is -1.04. The Morgan fingerprint density at radius 3 is 2.87 bits per heavy atom. The quantitative estimate of drug-likeness (QED) is 0.834. The van der Waals surface area contributed by atoms with E-state index in [9.17, 15) is 0 Å². The Kier molecular flexibility index (Phi) is 2.46. The van der Waals surface area contributed by atoms with Gasteiger partial charge in [0.2, 0.25) is 0 Å². The van der Waals surface area contributed by atoms with Gasteiger partial charge in [-0.05, 0) is 30.5 Å². The number of halogens is 1. The van der Waals surface area contributed by atoms with Crippen molar-refractivity contribution in [1.29, 1.82) is 5.26 Å². The van der Waals surface area contributed by atoms with Crippen molar-refractivity contribution in [2.75, 3.05) is 6.61 Å². The molecular formula is C12H12ClNO. The van der Waals surface area contributed by atoms with Gasteiger partial charge in [-0.1, -0.05) is 23.7 Å². The highest BCUT2D eigenvalue weighted by atomic mass is 35.5. The van der Waals surface area contributed by atoms with Gasteiger partial charge in [0.25, 0.3) is 0 Å². The molecule has 0 aromatic heterocycles. The lowest BCUT2D eigenvalue weighted by atomic mass is 9.94. The van der Waals surface area contributed by atoms with Crippen LogP contribution in [0.25, 0.3) is 0 Å². The maximum atomic E-state index is 9.17. The highest BCUT2D eigenvalue weighted by molar-refractivity contribution is 6.31. The number of hydrogen-bond donors (Lipinski definition) is 1. The van der Waals surface area contributed by atoms with Gasteiger partial charge >= 0.3 is 0 Å². The highest BCUT2D eigenvalue weighted by Crippen LogP contribution is 2.53. The SMILES string of the molecule is Cc1ccc([C@]2(C#N)C[C@@H]2CO)cc1Cl. The summed E-state index contributed by atoms with van der Waals surface area (Å²) in [7, 11) is 0. The minimum Gasteiger partial charge on any atom is -0.396 e. The molecule has 0 heterocycles. The fourth-order valence-corrected chi connectivity index (χ4v) is 2.16. The van der Waals surface area contributed by atoms with Crippen LogP contribution in [0, 0.1) is 24.2 Å². The summed E-state index contributed by atoms with van der Waals surface area (Å²) in [5.74, 6) is 0.0706. The minimum atomic E-state index is -0.494. The van der Waals surface area contributed by atoms with Crippen molar-refractivity contribution in [2.45, 2.75) is 18.8 Å². The standard InChI is InChI=1S/C12H12ClNO/c1-8-2-3-9(4-11(8)13)12(7-14)5-10(12)6-15/h2-4,10,15H,5-6H2,1H3/t10-,12-/m1/s1. The summed E-state index contributed by atoms with van der Waals surface area (Å²) >= 11 is 6.02. The Morgan fingerprint density at radius 2 is 2.40 bits per heavy atom. The summed E-state index contributed by atoms with van der Waals surface area (Å²) < 4.78 is 0. The minimum absolute atomic E-state index is 0.0685. The summed E-state index contributed by atoms with van der Waals surface area (Å²) in [6.45, 7) is 2.00. The predicted octanol–water partition coefficient (Wildman–Crippen LogP) is 2.42. The molecule has 15 heavy (non-hydrogen) atoms. The zero-order valence-corrected chi connectivity index (χ0v) is 9.25. The monoisotopic (exact) mass is 221 g/mol. The summed E-state index contributed by atoms with van der Waals surface area (Å²) in [4.78, 5) is 0. The van der Waals surface area contributed by atoms with Crippen LogP contribution in [0.3, 0.4) is 0 Å². The first-order valence-corrected chi connectivity index (χ1v) is 5.30. The van der Waals surface area contributed by atoms with Crippen molar-refractivity contribution >= 4 is 11.6 Å². The van der Waals surface area contributed by atoms with Gasteiger partial charge < -0.3 is 5.11 Å². The van der Waals surface area contributed by atoms with Gasteiger partial charge in [0, 0.05) is 17.5 Å². The molecule has 2 atom stereocenters. The molecule has 1 N–H and O–H groups in total. The van der Waals surface area contributed by atoms with E-state index in [2.05, 4.69) is 6.07 Å². The molecule has 0 aliphatic heterocycles. The summed E-state index contributed by atoms with van der Waals surface area (Å²) in [5.41, 5.74) is 1.45. The van der Waals surface area contributed by atoms with E-state index < -0.39 is 5.41 Å². The normalized spacial score (nSPS) is 28.5. The number of benzene rings is 1. The van der Waals surface area contributed by atoms with Gasteiger partial charge in [-0.2, -0.15) is 5.26 Å². The van der Waals surface area contributed by atoms with Crippen LogP contribution < -0.4 is 0 Å². The van der Waals surface area contributed by atoms with Crippen LogP contribution in [-0.2, 0) is 5.41 Å². The van der Waals surface area contributed by atoms with Gasteiger partial charge in [-0.3, -0.25) is 0 Å². The van der Waals surface area contributed by atoms with Crippen LogP contribution in [0.2, 0.25) is 5.02 Å². The third kappa shape index (κ3) is 1.52. The number of nitriles is 1. The smallest absolute Gasteiger partial charge is 0.0877 e. The van der Waals surface area contributed by atoms with Crippen molar-refractivity contribution in [3.8, 4) is 6.07 Å². The van der Waals surface area contributed by atoms with Gasteiger partial charge in [0.05, 0.1) is 11.5 Å². The molecule has 0 bridgehead atoms. The molecule has 1 aromatic carbocycles. The van der Waals surface area contributed by atoms with Gasteiger partial charge in [-0.15, -0.1) is 0 Å². The van der Waals surface area contributed by atoms with Crippen LogP contribution in [0.1, 0.15) is 17.5 Å². The van der Waals surface area contributed by atoms with E-state index in [0.29, 0.717) is 5.02 Å². The molecule has 1 aliphatic rings. The first kappa shape index (κ1) is 10.5. The van der Waals surface area contributed by atoms with Gasteiger partial charge in [0.15, 0.2) is 0 Å². The zero-order chi connectivity index (χ0) is 11.1. The average molecular weight is 222 g/mol. The lowest BCUT2D eigenvalue weighted by Gasteiger charge is -2.09. The molecular weight excluding hydrogens is 210 g/mol. The Labute approximate surface area is 94.1 Å². The first-order valence-electron chi connectivity index (χ1n) is 4.93. The van der Waals surface area contributed by atoms with Gasteiger partial charge in [-0.25, -0.2) is 0 Å². The summed E-state index contributed by atoms with van der Waals surface area (Å²) in [5, 5.41) is 18.9. The number of hydrogen-bond acceptors (Lipinski definition) is 2. The van der Waals surface area contributed by atoms with Crippen molar-refractivity contribution < 1.29 is 5.11 Å². The predicted molar refractivity (Wildman–Crippen MR) is 58.7 cm³/mol. The van der Waals surface area contributed by atoms with E-state index in [0.717, 1.165) is 17.5 Å². The second-order valence-electron chi connectivity index (χ2n) is 4.13. The van der Waals surface area contributed by atoms with E-state index in [-0.39, 0.29) is 12.5 Å². The lowest BCUT2D eigenvalue weighted by Crippen LogP contribution is -2.09. The largest absolute Gasteiger partial charge is 0.396 e. The Morgan fingerprint density at radius 1 is 1.67 bits per heavy atom. The van der Waals surface area contributed by atoms with Gasteiger partial charge in [0.1, 0.15) is 0 Å². The number of rotatable bonds is 2. The topological polar surface area (TPSA) is 44.0 Å². The molecule has 78 valence electrons. The average Bonchev–Trinajstić information content (AvgIpc) is 2.97. The molecule has 1 fully saturated rings. The van der Waals surface area contributed by atoms with E-state index in [1.807, 2.05) is 25.1 Å². The Bertz CT molecular complexity index is 438. The zero-order valence-electron chi connectivity index (χ0n) is 8.50. The second-order valence-corrected chi connectivity index (χ2v) is 4.54. The second kappa shape index (κ2) is 3.52. The molecule has 0 radical (unpaired) electrons. The van der Waals surface area contributed by atoms with Crippen molar-refractivity contribution in [1.82, 2.24) is 0 Å². The molecule has 1 aromatic rings. The lowest BCUT2D eigenvalue weighted by molar-refractivity contribution is 0.269. The third-order valence-electron chi connectivity index (χ3n) is 3.21. The first-order chi connectivity index (χ1) is 7.14. The van der Waals surface area contributed by atoms with Crippen LogP contribution in [-0.4, -0.2) is 11.7 Å².